The van der Waals surface area contributed by atoms with Gasteiger partial charge in [0.1, 0.15) is 23.7 Å². The summed E-state index contributed by atoms with van der Waals surface area (Å²) in [5, 5.41) is 5.70. The van der Waals surface area contributed by atoms with Gasteiger partial charge in [-0.15, -0.1) is 6.58 Å². The zero-order valence-electron chi connectivity index (χ0n) is 11.3. The first-order chi connectivity index (χ1) is 10.2. The first-order valence-corrected chi connectivity index (χ1v) is 6.38. The van der Waals surface area contributed by atoms with Gasteiger partial charge in [0, 0.05) is 19.2 Å². The van der Waals surface area contributed by atoms with Crippen LogP contribution in [-0.2, 0) is 6.54 Å². The molecule has 2 N–H and O–H groups in total. The summed E-state index contributed by atoms with van der Waals surface area (Å²) in [4.78, 5) is 19.9. The molecule has 0 aliphatic rings. The lowest BCUT2D eigenvalue weighted by Crippen LogP contribution is -2.24. The topological polar surface area (TPSA) is 66.9 Å². The molecule has 0 spiro atoms. The van der Waals surface area contributed by atoms with Crippen LogP contribution in [0.1, 0.15) is 16.1 Å². The Balaban J connectivity index is 1.96. The summed E-state index contributed by atoms with van der Waals surface area (Å²) in [6.07, 6.45) is 3.01. The van der Waals surface area contributed by atoms with Gasteiger partial charge in [0.25, 0.3) is 5.91 Å². The number of carbonyl (C=O) groups is 1. The normalized spacial score (nSPS) is 9.95. The third-order valence-corrected chi connectivity index (χ3v) is 2.69. The Labute approximate surface area is 121 Å². The number of hydrogen-bond donors (Lipinski definition) is 2. The van der Waals surface area contributed by atoms with Gasteiger partial charge in [-0.05, 0) is 17.7 Å². The molecule has 0 saturated carbocycles. The molecule has 2 aromatic rings. The Bertz CT molecular complexity index is 628. The van der Waals surface area contributed by atoms with E-state index in [1.165, 1.54) is 18.5 Å². The van der Waals surface area contributed by atoms with Gasteiger partial charge >= 0.3 is 0 Å². The second kappa shape index (κ2) is 7.14. The van der Waals surface area contributed by atoms with Gasteiger partial charge in [-0.25, -0.2) is 14.4 Å². The minimum Gasteiger partial charge on any atom is -0.366 e. The average molecular weight is 286 g/mol. The number of amides is 1. The number of halogens is 1. The molecular weight excluding hydrogens is 271 g/mol. The van der Waals surface area contributed by atoms with Crippen LogP contribution in [0.5, 0.6) is 0 Å². The number of aromatic nitrogens is 2. The third kappa shape index (κ3) is 4.38. The van der Waals surface area contributed by atoms with Gasteiger partial charge in [0.15, 0.2) is 0 Å². The molecular formula is C15H15FN4O. The summed E-state index contributed by atoms with van der Waals surface area (Å²) in [5.41, 5.74) is 1.07. The van der Waals surface area contributed by atoms with Crippen LogP contribution >= 0.6 is 0 Å². The Kier molecular flexibility index (Phi) is 4.98. The summed E-state index contributed by atoms with van der Waals surface area (Å²) in [5.74, 6) is -0.0703. The first kappa shape index (κ1) is 14.6. The third-order valence-electron chi connectivity index (χ3n) is 2.69. The highest BCUT2D eigenvalue weighted by molar-refractivity contribution is 5.92. The van der Waals surface area contributed by atoms with E-state index in [2.05, 4.69) is 27.2 Å². The molecule has 0 aliphatic carbocycles. The maximum atomic E-state index is 12.8. The van der Waals surface area contributed by atoms with Crippen LogP contribution < -0.4 is 10.6 Å². The quantitative estimate of drug-likeness (QED) is 0.798. The molecule has 0 aliphatic heterocycles. The van der Waals surface area contributed by atoms with Crippen molar-refractivity contribution in [3.05, 3.63) is 66.4 Å². The van der Waals surface area contributed by atoms with Crippen molar-refractivity contribution in [2.24, 2.45) is 0 Å². The number of rotatable bonds is 6. The predicted molar refractivity (Wildman–Crippen MR) is 78.3 cm³/mol. The second-order valence-electron chi connectivity index (χ2n) is 4.27. The number of anilines is 1. The van der Waals surface area contributed by atoms with Crippen molar-refractivity contribution in [2.45, 2.75) is 6.54 Å². The van der Waals surface area contributed by atoms with Gasteiger partial charge in [0.05, 0.1) is 0 Å². The lowest BCUT2D eigenvalue weighted by atomic mass is 10.2. The average Bonchev–Trinajstić information content (AvgIpc) is 2.52. The molecule has 0 bridgehead atoms. The van der Waals surface area contributed by atoms with Crippen LogP contribution in [0.4, 0.5) is 10.2 Å². The molecule has 0 radical (unpaired) electrons. The van der Waals surface area contributed by atoms with Crippen molar-refractivity contribution in [2.75, 3.05) is 11.9 Å². The molecule has 1 heterocycles. The number of nitrogens with zero attached hydrogens (tertiary/aromatic N) is 2. The lowest BCUT2D eigenvalue weighted by Gasteiger charge is -2.06. The van der Waals surface area contributed by atoms with Crippen LogP contribution in [0.15, 0.2) is 49.3 Å². The SMILES string of the molecule is C=CCNc1cc(C(=O)NCc2ccc(F)cc2)ncn1. The van der Waals surface area contributed by atoms with Gasteiger partial charge in [0.2, 0.25) is 0 Å². The predicted octanol–water partition coefficient (Wildman–Crippen LogP) is 2.14. The van der Waals surface area contributed by atoms with E-state index in [4.69, 9.17) is 0 Å². The summed E-state index contributed by atoms with van der Waals surface area (Å²) < 4.78 is 12.8. The highest BCUT2D eigenvalue weighted by atomic mass is 19.1. The standard InChI is InChI=1S/C15H15FN4O/c1-2-7-17-14-8-13(19-10-20-14)15(21)18-9-11-3-5-12(16)6-4-11/h2-6,8,10H,1,7,9H2,(H,18,21)(H,17,19,20). The fourth-order valence-electron chi connectivity index (χ4n) is 1.63. The van der Waals surface area contributed by atoms with Crippen LogP contribution in [-0.4, -0.2) is 22.4 Å². The molecule has 0 fully saturated rings. The Hall–Kier alpha value is -2.76. The van der Waals surface area contributed by atoms with Crippen molar-refractivity contribution in [3.8, 4) is 0 Å². The van der Waals surface area contributed by atoms with Gasteiger partial charge in [-0.1, -0.05) is 18.2 Å². The minimum atomic E-state index is -0.316. The number of nitrogens with one attached hydrogen (secondary N) is 2. The molecule has 1 aromatic carbocycles. The van der Waals surface area contributed by atoms with Crippen molar-refractivity contribution in [1.82, 2.24) is 15.3 Å². The second-order valence-corrected chi connectivity index (χ2v) is 4.27. The summed E-state index contributed by atoms with van der Waals surface area (Å²) in [7, 11) is 0. The van der Waals surface area contributed by atoms with E-state index < -0.39 is 0 Å². The molecule has 2 rings (SSSR count). The van der Waals surface area contributed by atoms with Crippen molar-refractivity contribution >= 4 is 11.7 Å². The summed E-state index contributed by atoms with van der Waals surface area (Å²) >= 11 is 0. The van der Waals surface area contributed by atoms with Crippen molar-refractivity contribution in [3.63, 3.8) is 0 Å². The highest BCUT2D eigenvalue weighted by Gasteiger charge is 2.08. The Morgan fingerprint density at radius 2 is 2.05 bits per heavy atom. The van der Waals surface area contributed by atoms with E-state index in [1.54, 1.807) is 24.3 Å². The van der Waals surface area contributed by atoms with Crippen LogP contribution in [0.2, 0.25) is 0 Å². The Morgan fingerprint density at radius 3 is 2.76 bits per heavy atom. The molecule has 0 atom stereocenters. The first-order valence-electron chi connectivity index (χ1n) is 6.38. The largest absolute Gasteiger partial charge is 0.366 e. The zero-order chi connectivity index (χ0) is 15.1. The molecule has 6 heteroatoms. The van der Waals surface area contributed by atoms with Crippen LogP contribution in [0, 0.1) is 5.82 Å². The maximum absolute atomic E-state index is 12.8. The van der Waals surface area contributed by atoms with Crippen molar-refractivity contribution < 1.29 is 9.18 Å². The van der Waals surface area contributed by atoms with E-state index in [1.807, 2.05) is 0 Å². The number of benzene rings is 1. The van der Waals surface area contributed by atoms with Crippen LogP contribution in [0.3, 0.4) is 0 Å². The zero-order valence-corrected chi connectivity index (χ0v) is 11.3. The highest BCUT2D eigenvalue weighted by Crippen LogP contribution is 2.05. The lowest BCUT2D eigenvalue weighted by molar-refractivity contribution is 0.0946. The summed E-state index contributed by atoms with van der Waals surface area (Å²) in [6.45, 7) is 4.44. The van der Waals surface area contributed by atoms with E-state index in [0.29, 0.717) is 18.9 Å². The van der Waals surface area contributed by atoms with E-state index in [0.717, 1.165) is 5.56 Å². The number of hydrogen-bond acceptors (Lipinski definition) is 4. The molecule has 1 amide bonds. The maximum Gasteiger partial charge on any atom is 0.270 e. The fourth-order valence-corrected chi connectivity index (χ4v) is 1.63. The Morgan fingerprint density at radius 1 is 1.29 bits per heavy atom. The molecule has 0 unspecified atom stereocenters. The van der Waals surface area contributed by atoms with Crippen LogP contribution in [0.25, 0.3) is 0 Å². The van der Waals surface area contributed by atoms with E-state index in [9.17, 15) is 9.18 Å². The van der Waals surface area contributed by atoms with E-state index in [-0.39, 0.29) is 17.4 Å². The molecule has 0 saturated heterocycles. The monoisotopic (exact) mass is 286 g/mol. The molecule has 108 valence electrons. The van der Waals surface area contributed by atoms with Gasteiger partial charge < -0.3 is 10.6 Å². The summed E-state index contributed by atoms with van der Waals surface area (Å²) in [6, 6.07) is 7.50. The van der Waals surface area contributed by atoms with Gasteiger partial charge in [-0.2, -0.15) is 0 Å². The van der Waals surface area contributed by atoms with Crippen molar-refractivity contribution in [1.29, 1.82) is 0 Å². The molecule has 5 nitrogen and oxygen atoms in total. The smallest absolute Gasteiger partial charge is 0.270 e. The molecule has 1 aromatic heterocycles. The molecule has 21 heavy (non-hydrogen) atoms. The number of carbonyl (C=O) groups excluding carboxylic acids is 1. The van der Waals surface area contributed by atoms with Gasteiger partial charge in [-0.3, -0.25) is 4.79 Å². The fraction of sp³-hybridized carbons (Fsp3) is 0.133. The minimum absolute atomic E-state index is 0.263. The van der Waals surface area contributed by atoms with E-state index >= 15 is 0 Å².